The van der Waals surface area contributed by atoms with Gasteiger partial charge < -0.3 is 16.4 Å². The van der Waals surface area contributed by atoms with Crippen LogP contribution < -0.4 is 21.7 Å². The van der Waals surface area contributed by atoms with E-state index in [4.69, 9.17) is 5.73 Å². The summed E-state index contributed by atoms with van der Waals surface area (Å²) in [6.07, 6.45) is 2.72. The second-order valence-electron chi connectivity index (χ2n) is 8.67. The van der Waals surface area contributed by atoms with E-state index >= 15 is 0 Å². The van der Waals surface area contributed by atoms with E-state index < -0.39 is 29.7 Å². The van der Waals surface area contributed by atoms with Crippen LogP contribution in [0.2, 0.25) is 0 Å². The summed E-state index contributed by atoms with van der Waals surface area (Å²) in [5, 5.41) is 8.34. The smallest absolute Gasteiger partial charge is 0.264 e. The number of hydrogen-bond acceptors (Lipinski definition) is 8. The molecule has 2 aliphatic heterocycles. The fourth-order valence-corrected chi connectivity index (χ4v) is 4.33. The minimum absolute atomic E-state index is 0.0120. The number of imide groups is 2. The van der Waals surface area contributed by atoms with Crippen molar-refractivity contribution in [2.24, 2.45) is 5.73 Å². The average Bonchev–Trinajstić information content (AvgIpc) is 3.09. The molecule has 1 aromatic carbocycles. The number of nitrogens with two attached hydrogens (primary N) is 1. The number of benzene rings is 1. The zero-order valence-electron chi connectivity index (χ0n) is 20.1. The van der Waals surface area contributed by atoms with Crippen LogP contribution in [0.5, 0.6) is 0 Å². The molecule has 1 fully saturated rings. The third-order valence-electron chi connectivity index (χ3n) is 6.22. The van der Waals surface area contributed by atoms with E-state index in [9.17, 15) is 24.0 Å². The van der Waals surface area contributed by atoms with Gasteiger partial charge in [0.05, 0.1) is 17.7 Å². The zero-order valence-corrected chi connectivity index (χ0v) is 20.1. The number of nitrogens with one attached hydrogen (secondary N) is 3. The van der Waals surface area contributed by atoms with Gasteiger partial charge in [-0.1, -0.05) is 13.0 Å². The Balaban J connectivity index is 1.45. The molecule has 0 aliphatic carbocycles. The molecule has 35 heavy (non-hydrogen) atoms. The third-order valence-corrected chi connectivity index (χ3v) is 6.22. The van der Waals surface area contributed by atoms with Crippen molar-refractivity contribution >= 4 is 35.2 Å². The molecular formula is C24H34N6O5. The molecule has 1 unspecified atom stereocenters. The molecule has 5 N–H and O–H groups in total. The molecule has 0 radical (unpaired) electrons. The van der Waals surface area contributed by atoms with E-state index in [2.05, 4.69) is 16.0 Å². The molecule has 1 aromatic rings. The van der Waals surface area contributed by atoms with Gasteiger partial charge in [0.15, 0.2) is 0 Å². The number of likely N-dealkylation sites (N-methyl/N-ethyl adjacent to an activating group) is 1. The van der Waals surface area contributed by atoms with Crippen molar-refractivity contribution in [3.63, 3.8) is 0 Å². The first-order chi connectivity index (χ1) is 16.9. The summed E-state index contributed by atoms with van der Waals surface area (Å²) >= 11 is 0. The van der Waals surface area contributed by atoms with Crippen LogP contribution in [0.4, 0.5) is 5.69 Å². The normalized spacial score (nSPS) is 17.6. The van der Waals surface area contributed by atoms with Gasteiger partial charge in [-0.3, -0.25) is 39.1 Å². The van der Waals surface area contributed by atoms with Gasteiger partial charge in [0.25, 0.3) is 11.8 Å². The Kier molecular flexibility index (Phi) is 9.32. The molecule has 0 saturated carbocycles. The standard InChI is InChI=1S/C24H34N6O5/c1-2-29(14-11-25)15-20(32)27-13-5-3-4-12-26-17-8-6-7-16-21(17)24(35)30(23(16)34)18-9-10-19(31)28-22(18)33/h6-8,18,26H,2-5,9-15,25H2,1H3,(H,27,32)(H,28,31,33). The van der Waals surface area contributed by atoms with Gasteiger partial charge in [-0.25, -0.2) is 0 Å². The number of nitrogens with zero attached hydrogens (tertiary/aromatic N) is 2. The lowest BCUT2D eigenvalue weighted by Crippen LogP contribution is -2.54. The zero-order chi connectivity index (χ0) is 25.4. The maximum atomic E-state index is 13.1. The van der Waals surface area contributed by atoms with Crippen molar-refractivity contribution in [2.45, 2.75) is 45.1 Å². The number of piperidine rings is 1. The van der Waals surface area contributed by atoms with Crippen molar-refractivity contribution in [2.75, 3.05) is 44.6 Å². The number of carbonyl (C=O) groups excluding carboxylic acids is 5. The highest BCUT2D eigenvalue weighted by atomic mass is 16.2. The van der Waals surface area contributed by atoms with Gasteiger partial charge in [0, 0.05) is 38.3 Å². The predicted molar refractivity (Wildman–Crippen MR) is 130 cm³/mol. The molecule has 11 heteroatoms. The average molecular weight is 487 g/mol. The number of rotatable bonds is 13. The van der Waals surface area contributed by atoms with Gasteiger partial charge in [0.2, 0.25) is 17.7 Å². The van der Waals surface area contributed by atoms with Crippen molar-refractivity contribution in [3.8, 4) is 0 Å². The molecule has 1 atom stereocenters. The Labute approximate surface area is 204 Å². The topological polar surface area (TPSA) is 154 Å². The van der Waals surface area contributed by atoms with E-state index in [1.807, 2.05) is 11.8 Å². The highest BCUT2D eigenvalue weighted by Gasteiger charge is 2.45. The van der Waals surface area contributed by atoms with E-state index in [-0.39, 0.29) is 29.9 Å². The fraction of sp³-hybridized carbons (Fsp3) is 0.542. The SMILES string of the molecule is CCN(CCN)CC(=O)NCCCCCNc1cccc2c1C(=O)N(C1CCC(=O)NC1=O)C2=O. The van der Waals surface area contributed by atoms with Crippen LogP contribution in [0.1, 0.15) is 59.7 Å². The lowest BCUT2D eigenvalue weighted by Gasteiger charge is -2.27. The lowest BCUT2D eigenvalue weighted by atomic mass is 10.0. The van der Waals surface area contributed by atoms with Gasteiger partial charge in [-0.05, 0) is 44.4 Å². The summed E-state index contributed by atoms with van der Waals surface area (Å²) in [6.45, 7) is 5.51. The van der Waals surface area contributed by atoms with Crippen LogP contribution >= 0.6 is 0 Å². The summed E-state index contributed by atoms with van der Waals surface area (Å²) < 4.78 is 0. The summed E-state index contributed by atoms with van der Waals surface area (Å²) in [6, 6.07) is 4.02. The molecule has 2 aliphatic rings. The minimum atomic E-state index is -0.983. The van der Waals surface area contributed by atoms with Crippen LogP contribution in [-0.2, 0) is 14.4 Å². The first kappa shape index (κ1) is 26.3. The molecule has 2 heterocycles. The number of hydrogen-bond donors (Lipinski definition) is 4. The van der Waals surface area contributed by atoms with Gasteiger partial charge in [0.1, 0.15) is 6.04 Å². The monoisotopic (exact) mass is 486 g/mol. The van der Waals surface area contributed by atoms with Crippen LogP contribution in [0.25, 0.3) is 0 Å². The summed E-state index contributed by atoms with van der Waals surface area (Å²) in [5.41, 5.74) is 6.60. The van der Waals surface area contributed by atoms with Crippen LogP contribution in [0.3, 0.4) is 0 Å². The van der Waals surface area contributed by atoms with Crippen LogP contribution in [-0.4, -0.2) is 84.6 Å². The molecule has 190 valence electrons. The first-order valence-corrected chi connectivity index (χ1v) is 12.1. The van der Waals surface area contributed by atoms with Crippen LogP contribution in [0, 0.1) is 0 Å². The summed E-state index contributed by atoms with van der Waals surface area (Å²) in [7, 11) is 0. The minimum Gasteiger partial charge on any atom is -0.384 e. The fourth-order valence-electron chi connectivity index (χ4n) is 4.33. The number of carbonyl (C=O) groups is 5. The maximum absolute atomic E-state index is 13.1. The second-order valence-corrected chi connectivity index (χ2v) is 8.67. The molecule has 1 saturated heterocycles. The Morgan fingerprint density at radius 3 is 2.63 bits per heavy atom. The maximum Gasteiger partial charge on any atom is 0.264 e. The molecule has 3 rings (SSSR count). The van der Waals surface area contributed by atoms with Gasteiger partial charge >= 0.3 is 0 Å². The van der Waals surface area contributed by atoms with E-state index in [0.717, 1.165) is 30.7 Å². The Morgan fingerprint density at radius 1 is 1.14 bits per heavy atom. The van der Waals surface area contributed by atoms with Crippen molar-refractivity contribution in [1.82, 2.24) is 20.4 Å². The molecule has 0 spiro atoms. The number of amides is 5. The highest BCUT2D eigenvalue weighted by molar-refractivity contribution is 6.25. The highest BCUT2D eigenvalue weighted by Crippen LogP contribution is 2.32. The Hall–Kier alpha value is -3.31. The molecule has 11 nitrogen and oxygen atoms in total. The first-order valence-electron chi connectivity index (χ1n) is 12.1. The number of unbranched alkanes of at least 4 members (excludes halogenated alkanes) is 2. The van der Waals surface area contributed by atoms with Crippen molar-refractivity contribution in [1.29, 1.82) is 0 Å². The van der Waals surface area contributed by atoms with E-state index in [1.54, 1.807) is 18.2 Å². The molecular weight excluding hydrogens is 452 g/mol. The van der Waals surface area contributed by atoms with Crippen molar-refractivity contribution < 1.29 is 24.0 Å². The summed E-state index contributed by atoms with van der Waals surface area (Å²) in [4.78, 5) is 64.6. The van der Waals surface area contributed by atoms with E-state index in [0.29, 0.717) is 38.4 Å². The Morgan fingerprint density at radius 2 is 1.91 bits per heavy atom. The quantitative estimate of drug-likeness (QED) is 0.226. The third kappa shape index (κ3) is 6.43. The molecule has 0 aromatic heterocycles. The number of anilines is 1. The summed E-state index contributed by atoms with van der Waals surface area (Å²) in [5.74, 6) is -2.09. The Bertz CT molecular complexity index is 981. The van der Waals surface area contributed by atoms with Crippen molar-refractivity contribution in [3.05, 3.63) is 29.3 Å². The van der Waals surface area contributed by atoms with Gasteiger partial charge in [-0.15, -0.1) is 0 Å². The lowest BCUT2D eigenvalue weighted by molar-refractivity contribution is -0.136. The van der Waals surface area contributed by atoms with Crippen LogP contribution in [0.15, 0.2) is 18.2 Å². The second kappa shape index (κ2) is 12.4. The predicted octanol–water partition coefficient (Wildman–Crippen LogP) is 0.0668. The van der Waals surface area contributed by atoms with E-state index in [1.165, 1.54) is 0 Å². The number of fused-ring (bicyclic) bond motifs is 1. The molecule has 0 bridgehead atoms. The molecule has 5 amide bonds. The van der Waals surface area contributed by atoms with Gasteiger partial charge in [-0.2, -0.15) is 0 Å². The largest absolute Gasteiger partial charge is 0.384 e.